The lowest BCUT2D eigenvalue weighted by Gasteiger charge is -2.11. The fourth-order valence-corrected chi connectivity index (χ4v) is 8.99. The van der Waals surface area contributed by atoms with Crippen molar-refractivity contribution in [1.29, 1.82) is 0 Å². The van der Waals surface area contributed by atoms with Crippen LogP contribution in [-0.2, 0) is 0 Å². The normalized spacial score (nSPS) is 11.4. The number of fused-ring (bicyclic) bond motifs is 4. The summed E-state index contributed by atoms with van der Waals surface area (Å²) in [5.74, 6) is 1.78. The lowest BCUT2D eigenvalue weighted by Crippen LogP contribution is -2.00. The minimum atomic E-state index is 0.579. The van der Waals surface area contributed by atoms with Crippen molar-refractivity contribution in [2.75, 3.05) is 0 Å². The maximum absolute atomic E-state index is 6.81. The first kappa shape index (κ1) is 38.0. The minimum Gasteiger partial charge on any atom is -0.455 e. The highest BCUT2D eigenvalue weighted by atomic mass is 16.3. The first-order chi connectivity index (χ1) is 32.2. The fraction of sp³-hybridized carbons (Fsp3) is 0. The van der Waals surface area contributed by atoms with E-state index in [1.54, 1.807) is 0 Å². The number of nitrogens with zero attached hydrogens (tertiary/aromatic N) is 3. The first-order valence-corrected chi connectivity index (χ1v) is 21.9. The van der Waals surface area contributed by atoms with Crippen LogP contribution in [0.3, 0.4) is 0 Å². The van der Waals surface area contributed by atoms with Crippen LogP contribution in [0.5, 0.6) is 0 Å². The van der Waals surface area contributed by atoms with Crippen LogP contribution in [0.25, 0.3) is 123 Å². The molecule has 12 rings (SSSR count). The molecule has 0 spiro atoms. The van der Waals surface area contributed by atoms with Crippen molar-refractivity contribution >= 4 is 32.7 Å². The third-order valence-corrected chi connectivity index (χ3v) is 12.4. The highest BCUT2D eigenvalue weighted by molar-refractivity contribution is 6.15. The van der Waals surface area contributed by atoms with Gasteiger partial charge in [0.25, 0.3) is 0 Å². The SMILES string of the molecule is c1ccc(-c2ccc(-c3cccc(-c4cccc5c4oc4cccc(-c6nc(-c7ccc(-c8ccccc8)cc7)nc(-c7ccc(-c8ccc9ccccc9c8)cc7)n6)c45)c3)cc2)cc1. The van der Waals surface area contributed by atoms with Gasteiger partial charge in [-0.2, -0.15) is 0 Å². The van der Waals surface area contributed by atoms with E-state index in [4.69, 9.17) is 19.4 Å². The second-order valence-electron chi connectivity index (χ2n) is 16.4. The van der Waals surface area contributed by atoms with Crippen molar-refractivity contribution in [3.63, 3.8) is 0 Å². The lowest BCUT2D eigenvalue weighted by atomic mass is 9.96. The number of para-hydroxylation sites is 1. The van der Waals surface area contributed by atoms with E-state index in [1.807, 2.05) is 24.3 Å². The van der Waals surface area contributed by atoms with Gasteiger partial charge in [0, 0.05) is 33.0 Å². The Bertz CT molecular complexity index is 3670. The Morgan fingerprint density at radius 3 is 1.32 bits per heavy atom. The van der Waals surface area contributed by atoms with Crippen molar-refractivity contribution in [2.24, 2.45) is 0 Å². The van der Waals surface area contributed by atoms with Gasteiger partial charge in [0.15, 0.2) is 17.5 Å². The molecule has 0 radical (unpaired) electrons. The zero-order valence-electron chi connectivity index (χ0n) is 35.3. The van der Waals surface area contributed by atoms with Crippen LogP contribution in [-0.4, -0.2) is 15.0 Å². The Morgan fingerprint density at radius 2 is 0.692 bits per heavy atom. The molecule has 2 aromatic heterocycles. The van der Waals surface area contributed by atoms with E-state index in [-0.39, 0.29) is 0 Å². The van der Waals surface area contributed by atoms with Gasteiger partial charge in [-0.25, -0.2) is 15.0 Å². The Kier molecular flexibility index (Phi) is 9.46. The van der Waals surface area contributed by atoms with Gasteiger partial charge >= 0.3 is 0 Å². The summed E-state index contributed by atoms with van der Waals surface area (Å²) in [6, 6.07) is 82.9. The van der Waals surface area contributed by atoms with E-state index >= 15 is 0 Å². The van der Waals surface area contributed by atoms with Crippen LogP contribution in [0.4, 0.5) is 0 Å². The Balaban J connectivity index is 0.954. The van der Waals surface area contributed by atoms with Crippen molar-refractivity contribution < 1.29 is 4.42 Å². The molecule has 0 N–H and O–H groups in total. The zero-order valence-corrected chi connectivity index (χ0v) is 35.3. The van der Waals surface area contributed by atoms with Gasteiger partial charge < -0.3 is 4.42 Å². The summed E-state index contributed by atoms with van der Waals surface area (Å²) >= 11 is 0. The van der Waals surface area contributed by atoms with Gasteiger partial charge in [-0.05, 0) is 79.0 Å². The molecule has 0 saturated heterocycles. The van der Waals surface area contributed by atoms with Crippen LogP contribution >= 0.6 is 0 Å². The van der Waals surface area contributed by atoms with E-state index in [0.717, 1.165) is 83.1 Å². The van der Waals surface area contributed by atoms with Gasteiger partial charge in [-0.1, -0.05) is 218 Å². The second-order valence-corrected chi connectivity index (χ2v) is 16.4. The molecule has 2 heterocycles. The molecular weight excluding hydrogens is 791 g/mol. The maximum atomic E-state index is 6.81. The van der Waals surface area contributed by atoms with Crippen LogP contribution in [0.2, 0.25) is 0 Å². The third kappa shape index (κ3) is 7.23. The zero-order chi connectivity index (χ0) is 43.1. The summed E-state index contributed by atoms with van der Waals surface area (Å²) in [4.78, 5) is 15.6. The van der Waals surface area contributed by atoms with Crippen LogP contribution in [0.1, 0.15) is 0 Å². The summed E-state index contributed by atoms with van der Waals surface area (Å²) in [6.07, 6.45) is 0. The lowest BCUT2D eigenvalue weighted by molar-refractivity contribution is 0.670. The average Bonchev–Trinajstić information content (AvgIpc) is 3.78. The topological polar surface area (TPSA) is 51.8 Å². The summed E-state index contributed by atoms with van der Waals surface area (Å²) in [6.45, 7) is 0. The van der Waals surface area contributed by atoms with Crippen LogP contribution in [0, 0.1) is 0 Å². The monoisotopic (exact) mass is 829 g/mol. The number of benzene rings is 10. The van der Waals surface area contributed by atoms with E-state index in [0.29, 0.717) is 17.5 Å². The van der Waals surface area contributed by atoms with Gasteiger partial charge in [0.1, 0.15) is 11.2 Å². The average molecular weight is 830 g/mol. The van der Waals surface area contributed by atoms with Gasteiger partial charge in [0.2, 0.25) is 0 Å². The molecule has 4 heteroatoms. The fourth-order valence-electron chi connectivity index (χ4n) is 8.99. The van der Waals surface area contributed by atoms with E-state index in [1.165, 1.54) is 21.9 Å². The number of rotatable bonds is 8. The quantitative estimate of drug-likeness (QED) is 0.153. The smallest absolute Gasteiger partial charge is 0.164 e. The molecule has 0 saturated carbocycles. The van der Waals surface area contributed by atoms with Crippen molar-refractivity contribution in [3.05, 3.63) is 237 Å². The highest BCUT2D eigenvalue weighted by Gasteiger charge is 2.20. The van der Waals surface area contributed by atoms with Gasteiger partial charge in [-0.3, -0.25) is 0 Å². The van der Waals surface area contributed by atoms with Crippen molar-refractivity contribution in [2.45, 2.75) is 0 Å². The number of furan rings is 1. The molecule has 0 fully saturated rings. The molecule has 0 aliphatic rings. The summed E-state index contributed by atoms with van der Waals surface area (Å²) in [5.41, 5.74) is 15.7. The Hall–Kier alpha value is -8.73. The second kappa shape index (κ2) is 16.2. The largest absolute Gasteiger partial charge is 0.455 e. The molecule has 0 amide bonds. The Morgan fingerprint density at radius 1 is 0.262 bits per heavy atom. The molecule has 4 nitrogen and oxygen atoms in total. The standard InChI is InChI=1S/C61H39N3O/c1-3-12-40(13-4-1)43-24-26-45(27-25-43)50-18-9-19-52(39-50)53-20-10-21-54-57-55(22-11-23-56(57)65-58(53)54)61-63-59(47-33-28-44(29-34-47)41-14-5-2-6-15-41)62-60(64-61)48-35-30-46(31-36-48)51-37-32-42-16-7-8-17-49(42)38-51/h1-39H. The number of hydrogen-bond acceptors (Lipinski definition) is 4. The summed E-state index contributed by atoms with van der Waals surface area (Å²) < 4.78 is 6.81. The molecule has 0 atom stereocenters. The van der Waals surface area contributed by atoms with Crippen molar-refractivity contribution in [3.8, 4) is 89.8 Å². The number of hydrogen-bond donors (Lipinski definition) is 0. The predicted molar refractivity (Wildman–Crippen MR) is 268 cm³/mol. The molecule has 0 aliphatic carbocycles. The number of aromatic nitrogens is 3. The van der Waals surface area contributed by atoms with Crippen LogP contribution in [0.15, 0.2) is 241 Å². The Labute approximate surface area is 376 Å². The van der Waals surface area contributed by atoms with E-state index in [2.05, 4.69) is 212 Å². The molecule has 12 aromatic rings. The van der Waals surface area contributed by atoms with Crippen molar-refractivity contribution in [1.82, 2.24) is 15.0 Å². The highest BCUT2D eigenvalue weighted by Crippen LogP contribution is 2.41. The maximum Gasteiger partial charge on any atom is 0.164 e. The van der Waals surface area contributed by atoms with Gasteiger partial charge in [0.05, 0.1) is 0 Å². The molecule has 0 aliphatic heterocycles. The van der Waals surface area contributed by atoms with E-state index in [9.17, 15) is 0 Å². The molecule has 10 aromatic carbocycles. The molecule has 0 unspecified atom stereocenters. The molecule has 65 heavy (non-hydrogen) atoms. The van der Waals surface area contributed by atoms with Gasteiger partial charge in [-0.15, -0.1) is 0 Å². The summed E-state index contributed by atoms with van der Waals surface area (Å²) in [5, 5.41) is 4.40. The molecule has 304 valence electrons. The van der Waals surface area contributed by atoms with E-state index < -0.39 is 0 Å². The molecular formula is C61H39N3O. The summed E-state index contributed by atoms with van der Waals surface area (Å²) in [7, 11) is 0. The first-order valence-electron chi connectivity index (χ1n) is 21.9. The third-order valence-electron chi connectivity index (χ3n) is 12.4. The predicted octanol–water partition coefficient (Wildman–Crippen LogP) is 16.3. The molecule has 0 bridgehead atoms. The van der Waals surface area contributed by atoms with Crippen LogP contribution < -0.4 is 0 Å². The minimum absolute atomic E-state index is 0.579.